The van der Waals surface area contributed by atoms with Gasteiger partial charge in [0.15, 0.2) is 0 Å². The van der Waals surface area contributed by atoms with Crippen LogP contribution in [0.2, 0.25) is 0 Å². The third kappa shape index (κ3) is 30.9. The molecule has 0 saturated carbocycles. The second-order valence-corrected chi connectivity index (χ2v) is 13.4. The highest BCUT2D eigenvalue weighted by atomic mass is 16.3. The molecule has 0 aliphatic rings. The van der Waals surface area contributed by atoms with Crippen molar-refractivity contribution in [2.75, 3.05) is 13.1 Å². The van der Waals surface area contributed by atoms with E-state index in [0.29, 0.717) is 12.8 Å². The fraction of sp³-hybridized carbons (Fsp3) is 0.947. The normalized spacial score (nSPS) is 12.7. The third-order valence-corrected chi connectivity index (χ3v) is 8.99. The van der Waals surface area contributed by atoms with Crippen LogP contribution in [0.5, 0.6) is 0 Å². The van der Waals surface area contributed by atoms with Gasteiger partial charge in [-0.1, -0.05) is 194 Å². The lowest BCUT2D eigenvalue weighted by atomic mass is 10.0. The van der Waals surface area contributed by atoms with E-state index in [1.165, 1.54) is 154 Å². The topological polar surface area (TPSA) is 98.7 Å². The lowest BCUT2D eigenvalue weighted by Gasteiger charge is -2.13. The highest BCUT2D eigenvalue weighted by molar-refractivity contribution is 5.81. The van der Waals surface area contributed by atoms with Crippen LogP contribution in [-0.4, -0.2) is 47.3 Å². The molecule has 6 heteroatoms. The average molecular weight is 625 g/mol. The molecule has 0 saturated heterocycles. The summed E-state index contributed by atoms with van der Waals surface area (Å²) in [5, 5.41) is 25.6. The van der Waals surface area contributed by atoms with Gasteiger partial charge in [-0.2, -0.15) is 0 Å². The van der Waals surface area contributed by atoms with E-state index in [9.17, 15) is 19.8 Å². The molecule has 0 aromatic carbocycles. The van der Waals surface area contributed by atoms with Crippen molar-refractivity contribution in [2.45, 2.75) is 219 Å². The van der Waals surface area contributed by atoms with Crippen LogP contribution in [0, 0.1) is 0 Å². The van der Waals surface area contributed by atoms with E-state index in [4.69, 9.17) is 0 Å². The van der Waals surface area contributed by atoms with Gasteiger partial charge in [0.25, 0.3) is 0 Å². The predicted octanol–water partition coefficient (Wildman–Crippen LogP) is 9.68. The summed E-state index contributed by atoms with van der Waals surface area (Å²) >= 11 is 0. The Hall–Kier alpha value is -1.14. The molecule has 2 atom stereocenters. The maximum Gasteiger partial charge on any atom is 0.248 e. The Kier molecular flexibility index (Phi) is 33.8. The first kappa shape index (κ1) is 42.9. The summed E-state index contributed by atoms with van der Waals surface area (Å²) < 4.78 is 0. The molecule has 262 valence electrons. The molecule has 0 aliphatic heterocycles. The summed E-state index contributed by atoms with van der Waals surface area (Å²) in [6, 6.07) is 0. The SMILES string of the molecule is CCCCCCCCCCCCCCCCC(O)C(=O)NCCNC(=O)C(O)CCCCCCCCCCCCCCCC. The van der Waals surface area contributed by atoms with Crippen LogP contribution in [0.25, 0.3) is 0 Å². The van der Waals surface area contributed by atoms with Crippen LogP contribution in [-0.2, 0) is 9.59 Å². The molecule has 0 radical (unpaired) electrons. The molecule has 0 aromatic heterocycles. The van der Waals surface area contributed by atoms with E-state index >= 15 is 0 Å². The molecule has 0 rings (SSSR count). The van der Waals surface area contributed by atoms with Crippen LogP contribution in [0.15, 0.2) is 0 Å². The number of aliphatic hydroxyl groups is 2. The smallest absolute Gasteiger partial charge is 0.248 e. The van der Waals surface area contributed by atoms with Crippen LogP contribution in [0.1, 0.15) is 206 Å². The monoisotopic (exact) mass is 625 g/mol. The van der Waals surface area contributed by atoms with Crippen LogP contribution in [0.3, 0.4) is 0 Å². The maximum atomic E-state index is 12.1. The Morgan fingerprint density at radius 2 is 0.591 bits per heavy atom. The van der Waals surface area contributed by atoms with Crippen LogP contribution in [0.4, 0.5) is 0 Å². The summed E-state index contributed by atoms with van der Waals surface area (Å²) in [6.07, 6.45) is 34.8. The zero-order valence-electron chi connectivity index (χ0n) is 29.5. The van der Waals surface area contributed by atoms with Crippen molar-refractivity contribution >= 4 is 11.8 Å². The molecule has 44 heavy (non-hydrogen) atoms. The number of carbonyl (C=O) groups excluding carboxylic acids is 2. The van der Waals surface area contributed by atoms with Gasteiger partial charge in [0, 0.05) is 13.1 Å². The minimum Gasteiger partial charge on any atom is -0.383 e. The van der Waals surface area contributed by atoms with Crippen molar-refractivity contribution in [1.29, 1.82) is 0 Å². The number of unbranched alkanes of at least 4 members (excludes halogenated alkanes) is 26. The molecular weight excluding hydrogens is 548 g/mol. The van der Waals surface area contributed by atoms with Crippen molar-refractivity contribution in [3.8, 4) is 0 Å². The first-order chi connectivity index (χ1) is 21.5. The molecule has 0 heterocycles. The van der Waals surface area contributed by atoms with Crippen LogP contribution < -0.4 is 10.6 Å². The van der Waals surface area contributed by atoms with Gasteiger partial charge in [-0.3, -0.25) is 9.59 Å². The van der Waals surface area contributed by atoms with Crippen molar-refractivity contribution in [1.82, 2.24) is 10.6 Å². The van der Waals surface area contributed by atoms with Gasteiger partial charge in [-0.25, -0.2) is 0 Å². The molecule has 0 spiro atoms. The number of carbonyl (C=O) groups is 2. The summed E-state index contributed by atoms with van der Waals surface area (Å²) in [5.74, 6) is -0.756. The van der Waals surface area contributed by atoms with Gasteiger partial charge in [0.05, 0.1) is 0 Å². The van der Waals surface area contributed by atoms with E-state index in [2.05, 4.69) is 24.5 Å². The molecule has 0 aliphatic carbocycles. The lowest BCUT2D eigenvalue weighted by Crippen LogP contribution is -2.42. The zero-order chi connectivity index (χ0) is 32.4. The highest BCUT2D eigenvalue weighted by Gasteiger charge is 2.16. The van der Waals surface area contributed by atoms with Gasteiger partial charge < -0.3 is 20.8 Å². The Bertz CT molecular complexity index is 564. The third-order valence-electron chi connectivity index (χ3n) is 8.99. The molecule has 0 bridgehead atoms. The van der Waals surface area contributed by atoms with Crippen molar-refractivity contribution < 1.29 is 19.8 Å². The molecule has 4 N–H and O–H groups in total. The summed E-state index contributed by atoms with van der Waals surface area (Å²) in [5.41, 5.74) is 0. The van der Waals surface area contributed by atoms with Crippen molar-refractivity contribution in [3.05, 3.63) is 0 Å². The maximum absolute atomic E-state index is 12.1. The quantitative estimate of drug-likeness (QED) is 0.0528. The van der Waals surface area contributed by atoms with Crippen LogP contribution >= 0.6 is 0 Å². The van der Waals surface area contributed by atoms with E-state index in [1.54, 1.807) is 0 Å². The fourth-order valence-electron chi connectivity index (χ4n) is 5.93. The number of rotatable bonds is 35. The molecule has 0 aromatic rings. The molecule has 0 fully saturated rings. The number of hydrogen-bond acceptors (Lipinski definition) is 4. The minimum atomic E-state index is -0.992. The standard InChI is InChI=1S/C38H76N2O4/c1-3-5-7-9-11-13-15-17-19-21-23-25-27-29-31-35(41)37(43)39-33-34-40-38(44)36(42)32-30-28-26-24-22-20-18-16-14-12-10-8-6-4-2/h35-36,41-42H,3-34H2,1-2H3,(H,39,43)(H,40,44). The van der Waals surface area contributed by atoms with E-state index in [-0.39, 0.29) is 24.9 Å². The van der Waals surface area contributed by atoms with Gasteiger partial charge in [0.2, 0.25) is 11.8 Å². The highest BCUT2D eigenvalue weighted by Crippen LogP contribution is 2.15. The zero-order valence-corrected chi connectivity index (χ0v) is 29.5. The molecular formula is C38H76N2O4. The van der Waals surface area contributed by atoms with E-state index in [0.717, 1.165) is 25.7 Å². The lowest BCUT2D eigenvalue weighted by molar-refractivity contribution is -0.131. The first-order valence-electron chi connectivity index (χ1n) is 19.4. The second-order valence-electron chi connectivity index (χ2n) is 13.4. The van der Waals surface area contributed by atoms with Crippen molar-refractivity contribution in [3.63, 3.8) is 0 Å². The van der Waals surface area contributed by atoms with Gasteiger partial charge >= 0.3 is 0 Å². The van der Waals surface area contributed by atoms with E-state index < -0.39 is 12.2 Å². The number of aliphatic hydroxyl groups excluding tert-OH is 2. The summed E-state index contributed by atoms with van der Waals surface area (Å²) in [7, 11) is 0. The average Bonchev–Trinajstić information content (AvgIpc) is 3.02. The second kappa shape index (κ2) is 34.7. The number of hydrogen-bond donors (Lipinski definition) is 4. The molecule has 2 amide bonds. The Morgan fingerprint density at radius 3 is 0.818 bits per heavy atom. The first-order valence-corrected chi connectivity index (χ1v) is 19.4. The Morgan fingerprint density at radius 1 is 0.386 bits per heavy atom. The predicted molar refractivity (Wildman–Crippen MR) is 188 cm³/mol. The summed E-state index contributed by atoms with van der Waals surface area (Å²) in [4.78, 5) is 24.2. The molecule has 6 nitrogen and oxygen atoms in total. The minimum absolute atomic E-state index is 0.256. The summed E-state index contributed by atoms with van der Waals surface area (Å²) in [6.45, 7) is 5.04. The van der Waals surface area contributed by atoms with Crippen molar-refractivity contribution in [2.24, 2.45) is 0 Å². The Balaban J connectivity index is 3.49. The number of nitrogens with one attached hydrogen (secondary N) is 2. The van der Waals surface area contributed by atoms with E-state index in [1.807, 2.05) is 0 Å². The van der Waals surface area contributed by atoms with Gasteiger partial charge in [-0.05, 0) is 12.8 Å². The largest absolute Gasteiger partial charge is 0.383 e. The molecule has 2 unspecified atom stereocenters. The number of amides is 2. The van der Waals surface area contributed by atoms with Gasteiger partial charge in [0.1, 0.15) is 12.2 Å². The fourth-order valence-corrected chi connectivity index (χ4v) is 5.93. The van der Waals surface area contributed by atoms with Gasteiger partial charge in [-0.15, -0.1) is 0 Å². The Labute approximate surface area is 273 Å².